The molecule has 1 saturated heterocycles. The fourth-order valence-corrected chi connectivity index (χ4v) is 2.82. The number of primary amides is 1. The van der Waals surface area contributed by atoms with E-state index in [0.717, 1.165) is 42.1 Å². The fourth-order valence-electron chi connectivity index (χ4n) is 2.46. The lowest BCUT2D eigenvalue weighted by molar-refractivity contribution is 0.100. The van der Waals surface area contributed by atoms with E-state index in [1.807, 2.05) is 12.1 Å². The average Bonchev–Trinajstić information content (AvgIpc) is 2.41. The zero-order chi connectivity index (χ0) is 13.7. The Kier molecular flexibility index (Phi) is 5.22. The van der Waals surface area contributed by atoms with Gasteiger partial charge in [-0.1, -0.05) is 15.9 Å². The van der Waals surface area contributed by atoms with Gasteiger partial charge in [-0.05, 0) is 56.5 Å². The molecule has 0 saturated carbocycles. The maximum absolute atomic E-state index is 11.4. The van der Waals surface area contributed by atoms with Crippen molar-refractivity contribution in [2.75, 3.05) is 25.0 Å². The first-order valence-corrected chi connectivity index (χ1v) is 7.50. The highest BCUT2D eigenvalue weighted by Gasteiger charge is 2.13. The highest BCUT2D eigenvalue weighted by Crippen LogP contribution is 2.21. The van der Waals surface area contributed by atoms with Gasteiger partial charge in [-0.3, -0.25) is 4.79 Å². The van der Waals surface area contributed by atoms with Crippen LogP contribution in [0.2, 0.25) is 0 Å². The number of carbonyl (C=O) groups is 1. The van der Waals surface area contributed by atoms with Crippen LogP contribution in [0.1, 0.15) is 29.6 Å². The fraction of sp³-hybridized carbons (Fsp3) is 0.500. The van der Waals surface area contributed by atoms with Crippen LogP contribution in [0.3, 0.4) is 0 Å². The molecule has 1 aromatic carbocycles. The Morgan fingerprint density at radius 3 is 3.05 bits per heavy atom. The van der Waals surface area contributed by atoms with Crippen LogP contribution in [0, 0.1) is 5.92 Å². The summed E-state index contributed by atoms with van der Waals surface area (Å²) >= 11 is 3.35. The molecule has 1 amide bonds. The molecule has 4 nitrogen and oxygen atoms in total. The molecule has 0 bridgehead atoms. The van der Waals surface area contributed by atoms with Crippen molar-refractivity contribution in [1.29, 1.82) is 0 Å². The van der Waals surface area contributed by atoms with Gasteiger partial charge in [0.2, 0.25) is 0 Å². The summed E-state index contributed by atoms with van der Waals surface area (Å²) < 4.78 is 0.864. The number of hydrogen-bond donors (Lipinski definition) is 3. The second kappa shape index (κ2) is 6.91. The number of benzene rings is 1. The van der Waals surface area contributed by atoms with Gasteiger partial charge in [-0.15, -0.1) is 0 Å². The number of carbonyl (C=O) groups excluding carboxylic acids is 1. The molecule has 1 atom stereocenters. The van der Waals surface area contributed by atoms with E-state index < -0.39 is 5.91 Å². The van der Waals surface area contributed by atoms with E-state index in [2.05, 4.69) is 26.6 Å². The quantitative estimate of drug-likeness (QED) is 0.778. The molecule has 1 fully saturated rings. The van der Waals surface area contributed by atoms with E-state index in [1.54, 1.807) is 6.07 Å². The second-order valence-electron chi connectivity index (χ2n) is 4.98. The van der Waals surface area contributed by atoms with E-state index in [0.29, 0.717) is 5.56 Å². The molecule has 4 N–H and O–H groups in total. The third kappa shape index (κ3) is 4.21. The van der Waals surface area contributed by atoms with E-state index in [1.165, 1.54) is 12.8 Å². The van der Waals surface area contributed by atoms with Gasteiger partial charge in [0.25, 0.3) is 5.91 Å². The molecule has 1 aliphatic rings. The van der Waals surface area contributed by atoms with E-state index >= 15 is 0 Å². The van der Waals surface area contributed by atoms with Crippen molar-refractivity contribution in [2.24, 2.45) is 11.7 Å². The second-order valence-corrected chi connectivity index (χ2v) is 5.90. The molecular formula is C14H20BrN3O. The van der Waals surface area contributed by atoms with Gasteiger partial charge in [0, 0.05) is 16.7 Å². The smallest absolute Gasteiger partial charge is 0.250 e. The predicted molar refractivity (Wildman–Crippen MR) is 81.4 cm³/mol. The number of rotatable bonds is 5. The van der Waals surface area contributed by atoms with Crippen molar-refractivity contribution in [3.05, 3.63) is 28.2 Å². The van der Waals surface area contributed by atoms with E-state index in [-0.39, 0.29) is 0 Å². The summed E-state index contributed by atoms with van der Waals surface area (Å²) in [5.41, 5.74) is 6.75. The van der Waals surface area contributed by atoms with Crippen LogP contribution in [0.15, 0.2) is 22.7 Å². The topological polar surface area (TPSA) is 67.2 Å². The summed E-state index contributed by atoms with van der Waals surface area (Å²) in [6, 6.07) is 5.56. The molecule has 0 aromatic heterocycles. The number of piperidine rings is 1. The zero-order valence-electron chi connectivity index (χ0n) is 10.9. The molecule has 1 unspecified atom stereocenters. The molecule has 1 aliphatic heterocycles. The highest BCUT2D eigenvalue weighted by atomic mass is 79.9. The Morgan fingerprint density at radius 1 is 1.53 bits per heavy atom. The Hall–Kier alpha value is -1.07. The summed E-state index contributed by atoms with van der Waals surface area (Å²) in [5.74, 6) is 0.330. The van der Waals surface area contributed by atoms with Crippen LogP contribution >= 0.6 is 15.9 Å². The summed E-state index contributed by atoms with van der Waals surface area (Å²) in [6.45, 7) is 3.11. The number of anilines is 1. The largest absolute Gasteiger partial charge is 0.384 e. The van der Waals surface area contributed by atoms with Crippen LogP contribution < -0.4 is 16.4 Å². The summed E-state index contributed by atoms with van der Waals surface area (Å²) in [6.07, 6.45) is 3.66. The first-order valence-electron chi connectivity index (χ1n) is 6.71. The average molecular weight is 326 g/mol. The molecule has 1 heterocycles. The van der Waals surface area contributed by atoms with Gasteiger partial charge in [0.15, 0.2) is 0 Å². The van der Waals surface area contributed by atoms with Gasteiger partial charge in [0.1, 0.15) is 0 Å². The molecule has 104 valence electrons. The van der Waals surface area contributed by atoms with E-state index in [9.17, 15) is 4.79 Å². The molecule has 1 aromatic rings. The Labute approximate surface area is 122 Å². The first kappa shape index (κ1) is 14.3. The predicted octanol–water partition coefficient (Wildman–Crippen LogP) is 2.35. The highest BCUT2D eigenvalue weighted by molar-refractivity contribution is 9.10. The van der Waals surface area contributed by atoms with Crippen LogP contribution in [0.4, 0.5) is 5.69 Å². The lowest BCUT2D eigenvalue weighted by Gasteiger charge is -2.23. The number of amides is 1. The minimum atomic E-state index is -0.400. The first-order chi connectivity index (χ1) is 9.16. The summed E-state index contributed by atoms with van der Waals surface area (Å²) in [4.78, 5) is 11.4. The monoisotopic (exact) mass is 325 g/mol. The molecule has 0 spiro atoms. The Balaban J connectivity index is 1.89. The zero-order valence-corrected chi connectivity index (χ0v) is 12.5. The van der Waals surface area contributed by atoms with Crippen molar-refractivity contribution in [1.82, 2.24) is 5.32 Å². The third-order valence-electron chi connectivity index (χ3n) is 3.51. The number of hydrogen-bond acceptors (Lipinski definition) is 3. The van der Waals surface area contributed by atoms with Crippen molar-refractivity contribution in [3.8, 4) is 0 Å². The van der Waals surface area contributed by atoms with Crippen molar-refractivity contribution in [3.63, 3.8) is 0 Å². The lowest BCUT2D eigenvalue weighted by Crippen LogP contribution is -2.30. The minimum absolute atomic E-state index is 0.400. The molecule has 2 rings (SSSR count). The summed E-state index contributed by atoms with van der Waals surface area (Å²) in [5, 5.41) is 6.73. The van der Waals surface area contributed by atoms with Gasteiger partial charge in [-0.2, -0.15) is 0 Å². The van der Waals surface area contributed by atoms with Crippen LogP contribution in [-0.2, 0) is 0 Å². The summed E-state index contributed by atoms with van der Waals surface area (Å²) in [7, 11) is 0. The van der Waals surface area contributed by atoms with Crippen molar-refractivity contribution in [2.45, 2.75) is 19.3 Å². The SMILES string of the molecule is NC(=O)c1cc(Br)ccc1NCCC1CCCNC1. The molecule has 19 heavy (non-hydrogen) atoms. The Bertz CT molecular complexity index is 444. The van der Waals surface area contributed by atoms with Gasteiger partial charge >= 0.3 is 0 Å². The van der Waals surface area contributed by atoms with Gasteiger partial charge in [-0.25, -0.2) is 0 Å². The molecule has 0 radical (unpaired) electrons. The van der Waals surface area contributed by atoms with Crippen molar-refractivity contribution < 1.29 is 4.79 Å². The van der Waals surface area contributed by atoms with Crippen molar-refractivity contribution >= 4 is 27.5 Å². The molecular weight excluding hydrogens is 306 g/mol. The number of nitrogens with one attached hydrogen (secondary N) is 2. The Morgan fingerprint density at radius 2 is 2.37 bits per heavy atom. The van der Waals surface area contributed by atoms with Gasteiger partial charge in [0.05, 0.1) is 5.56 Å². The van der Waals surface area contributed by atoms with Crippen LogP contribution in [-0.4, -0.2) is 25.5 Å². The standard InChI is InChI=1S/C14H20BrN3O/c15-11-3-4-13(12(8-11)14(16)19)18-7-5-10-2-1-6-17-9-10/h3-4,8,10,17-18H,1-2,5-7,9H2,(H2,16,19). The molecule has 0 aliphatic carbocycles. The maximum Gasteiger partial charge on any atom is 0.250 e. The normalized spacial score (nSPS) is 19.1. The van der Waals surface area contributed by atoms with E-state index in [4.69, 9.17) is 5.73 Å². The maximum atomic E-state index is 11.4. The van der Waals surface area contributed by atoms with Gasteiger partial charge < -0.3 is 16.4 Å². The lowest BCUT2D eigenvalue weighted by atomic mass is 9.96. The molecule has 5 heteroatoms. The third-order valence-corrected chi connectivity index (χ3v) is 4.01. The number of halogens is 1. The van der Waals surface area contributed by atoms with Crippen LogP contribution in [0.25, 0.3) is 0 Å². The minimum Gasteiger partial charge on any atom is -0.384 e. The van der Waals surface area contributed by atoms with Crippen LogP contribution in [0.5, 0.6) is 0 Å². The number of nitrogens with two attached hydrogens (primary N) is 1.